The maximum absolute atomic E-state index is 12.2. The summed E-state index contributed by atoms with van der Waals surface area (Å²) >= 11 is 9.24. The molecule has 0 aliphatic rings. The molecule has 122 valence electrons. The van der Waals surface area contributed by atoms with Crippen LogP contribution in [0, 0.1) is 0 Å². The van der Waals surface area contributed by atoms with E-state index >= 15 is 0 Å². The average molecular weight is 406 g/mol. The minimum Gasteiger partial charge on any atom is -0.350 e. The van der Waals surface area contributed by atoms with Crippen molar-refractivity contribution in [2.24, 2.45) is 0 Å². The second-order valence-corrected chi connectivity index (χ2v) is 6.72. The highest BCUT2D eigenvalue weighted by molar-refractivity contribution is 9.10. The predicted molar refractivity (Wildman–Crippen MR) is 99.2 cm³/mol. The highest BCUT2D eigenvalue weighted by Crippen LogP contribution is 2.17. The predicted octanol–water partition coefficient (Wildman–Crippen LogP) is 3.73. The lowest BCUT2D eigenvalue weighted by atomic mass is 10.2. The fourth-order valence-corrected chi connectivity index (χ4v) is 2.90. The van der Waals surface area contributed by atoms with Crippen LogP contribution in [-0.2, 0) is 17.9 Å². The van der Waals surface area contributed by atoms with E-state index in [4.69, 9.17) is 11.6 Å². The zero-order valence-electron chi connectivity index (χ0n) is 12.6. The smallest absolute Gasteiger partial charge is 0.240 e. The first kappa shape index (κ1) is 16.7. The molecule has 0 saturated carbocycles. The molecule has 3 rings (SSSR count). The Bertz CT molecular complexity index is 951. The minimum atomic E-state index is -0.130. The van der Waals surface area contributed by atoms with Crippen molar-refractivity contribution < 1.29 is 4.79 Å². The molecule has 0 radical (unpaired) electrons. The van der Waals surface area contributed by atoms with E-state index in [2.05, 4.69) is 21.2 Å². The van der Waals surface area contributed by atoms with Crippen LogP contribution in [0.5, 0.6) is 0 Å². The molecule has 3 aromatic rings. The number of aromatic nitrogens is 1. The van der Waals surface area contributed by atoms with Crippen LogP contribution >= 0.6 is 27.5 Å². The molecule has 0 aliphatic heterocycles. The second-order valence-electron chi connectivity index (χ2n) is 5.37. The van der Waals surface area contributed by atoms with Crippen LogP contribution in [0.2, 0.25) is 5.02 Å². The third-order valence-electron chi connectivity index (χ3n) is 3.66. The molecule has 1 N–H and O–H groups in total. The first-order valence-corrected chi connectivity index (χ1v) is 8.50. The second kappa shape index (κ2) is 7.20. The van der Waals surface area contributed by atoms with Gasteiger partial charge in [0.15, 0.2) is 5.43 Å². The van der Waals surface area contributed by atoms with Gasteiger partial charge in [-0.15, -0.1) is 0 Å². The van der Waals surface area contributed by atoms with Gasteiger partial charge in [-0.1, -0.05) is 39.7 Å². The number of carbonyl (C=O) groups is 1. The third kappa shape index (κ3) is 3.86. The summed E-state index contributed by atoms with van der Waals surface area (Å²) < 4.78 is 2.62. The number of hydrogen-bond donors (Lipinski definition) is 1. The molecule has 0 bridgehead atoms. The lowest BCUT2D eigenvalue weighted by Crippen LogP contribution is -2.27. The van der Waals surface area contributed by atoms with Crippen LogP contribution in [0.3, 0.4) is 0 Å². The van der Waals surface area contributed by atoms with Crippen LogP contribution in [0.4, 0.5) is 0 Å². The van der Waals surface area contributed by atoms with Gasteiger partial charge in [-0.25, -0.2) is 0 Å². The number of nitrogens with one attached hydrogen (secondary N) is 1. The van der Waals surface area contributed by atoms with E-state index in [1.165, 1.54) is 6.07 Å². The van der Waals surface area contributed by atoms with E-state index in [0.29, 0.717) is 17.0 Å². The Morgan fingerprint density at radius 1 is 1.12 bits per heavy atom. The van der Waals surface area contributed by atoms with Gasteiger partial charge >= 0.3 is 0 Å². The molecular weight excluding hydrogens is 392 g/mol. The SMILES string of the molecule is O=C(Cn1ccc(=O)c2ccc(Br)cc21)NCc1ccc(Cl)cc1. The number of carbonyl (C=O) groups excluding carboxylic acids is 1. The molecule has 1 heterocycles. The molecule has 0 fully saturated rings. The summed E-state index contributed by atoms with van der Waals surface area (Å²) in [5, 5.41) is 4.12. The number of nitrogens with zero attached hydrogens (tertiary/aromatic N) is 1. The molecule has 0 atom stereocenters. The van der Waals surface area contributed by atoms with Crippen LogP contribution in [0.25, 0.3) is 10.9 Å². The van der Waals surface area contributed by atoms with E-state index in [9.17, 15) is 9.59 Å². The van der Waals surface area contributed by atoms with Gasteiger partial charge in [0.2, 0.25) is 5.91 Å². The zero-order valence-corrected chi connectivity index (χ0v) is 15.0. The summed E-state index contributed by atoms with van der Waals surface area (Å²) in [5.74, 6) is -0.130. The monoisotopic (exact) mass is 404 g/mol. The Morgan fingerprint density at radius 3 is 2.62 bits per heavy atom. The van der Waals surface area contributed by atoms with Gasteiger partial charge in [-0.3, -0.25) is 9.59 Å². The number of halogens is 2. The highest BCUT2D eigenvalue weighted by Gasteiger charge is 2.07. The number of amides is 1. The summed E-state index contributed by atoms with van der Waals surface area (Å²) in [7, 11) is 0. The van der Waals surface area contributed by atoms with E-state index < -0.39 is 0 Å². The van der Waals surface area contributed by atoms with Gasteiger partial charge < -0.3 is 9.88 Å². The normalized spacial score (nSPS) is 10.8. The fourth-order valence-electron chi connectivity index (χ4n) is 2.43. The molecule has 2 aromatic carbocycles. The molecular formula is C18H14BrClN2O2. The topological polar surface area (TPSA) is 51.1 Å². The summed E-state index contributed by atoms with van der Waals surface area (Å²) in [6, 6.07) is 14.2. The fraction of sp³-hybridized carbons (Fsp3) is 0.111. The van der Waals surface area contributed by atoms with Gasteiger partial charge in [0.1, 0.15) is 6.54 Å². The number of pyridine rings is 1. The Hall–Kier alpha value is -2.11. The molecule has 0 spiro atoms. The van der Waals surface area contributed by atoms with E-state index in [1.54, 1.807) is 29.0 Å². The molecule has 0 saturated heterocycles. The Morgan fingerprint density at radius 2 is 1.88 bits per heavy atom. The van der Waals surface area contributed by atoms with Crippen LogP contribution in [-0.4, -0.2) is 10.5 Å². The minimum absolute atomic E-state index is 0.0599. The standard InChI is InChI=1S/C18H14BrClN2O2/c19-13-3-6-15-16(9-13)22(8-7-17(15)23)11-18(24)21-10-12-1-4-14(20)5-2-12/h1-9H,10-11H2,(H,21,24). The van der Waals surface area contributed by atoms with E-state index in [1.807, 2.05) is 24.3 Å². The molecule has 4 nitrogen and oxygen atoms in total. The van der Waals surface area contributed by atoms with Crippen LogP contribution in [0.15, 0.2) is 64.0 Å². The molecule has 1 aromatic heterocycles. The summed E-state index contributed by atoms with van der Waals surface area (Å²) in [4.78, 5) is 24.1. The molecule has 6 heteroatoms. The molecule has 0 unspecified atom stereocenters. The first-order chi connectivity index (χ1) is 11.5. The highest BCUT2D eigenvalue weighted by atomic mass is 79.9. The van der Waals surface area contributed by atoms with E-state index in [0.717, 1.165) is 15.6 Å². The van der Waals surface area contributed by atoms with Crippen molar-refractivity contribution in [1.29, 1.82) is 0 Å². The summed E-state index contributed by atoms with van der Waals surface area (Å²) in [6.45, 7) is 0.568. The van der Waals surface area contributed by atoms with Crippen molar-refractivity contribution in [3.8, 4) is 0 Å². The van der Waals surface area contributed by atoms with Crippen molar-refractivity contribution >= 4 is 44.3 Å². The molecule has 24 heavy (non-hydrogen) atoms. The lowest BCUT2D eigenvalue weighted by molar-refractivity contribution is -0.121. The largest absolute Gasteiger partial charge is 0.350 e. The Labute approximate surface area is 152 Å². The number of fused-ring (bicyclic) bond motifs is 1. The zero-order chi connectivity index (χ0) is 17.1. The number of hydrogen-bond acceptors (Lipinski definition) is 2. The Balaban J connectivity index is 1.76. The third-order valence-corrected chi connectivity index (χ3v) is 4.40. The lowest BCUT2D eigenvalue weighted by Gasteiger charge is -2.11. The summed E-state index contributed by atoms with van der Waals surface area (Å²) in [5.41, 5.74) is 1.63. The molecule has 1 amide bonds. The van der Waals surface area contributed by atoms with Gasteiger partial charge in [0, 0.05) is 33.7 Å². The summed E-state index contributed by atoms with van der Waals surface area (Å²) in [6.07, 6.45) is 1.64. The number of benzene rings is 2. The van der Waals surface area contributed by atoms with Gasteiger partial charge in [-0.2, -0.15) is 0 Å². The van der Waals surface area contributed by atoms with Gasteiger partial charge in [-0.05, 0) is 35.9 Å². The van der Waals surface area contributed by atoms with Gasteiger partial charge in [0.25, 0.3) is 0 Å². The van der Waals surface area contributed by atoms with E-state index in [-0.39, 0.29) is 17.9 Å². The first-order valence-electron chi connectivity index (χ1n) is 7.33. The van der Waals surface area contributed by atoms with Crippen molar-refractivity contribution in [1.82, 2.24) is 9.88 Å². The Kier molecular flexibility index (Phi) is 5.02. The van der Waals surface area contributed by atoms with Crippen molar-refractivity contribution in [3.63, 3.8) is 0 Å². The van der Waals surface area contributed by atoms with Gasteiger partial charge in [0.05, 0.1) is 5.52 Å². The maximum Gasteiger partial charge on any atom is 0.240 e. The maximum atomic E-state index is 12.2. The molecule has 0 aliphatic carbocycles. The van der Waals surface area contributed by atoms with Crippen molar-refractivity contribution in [2.75, 3.05) is 0 Å². The van der Waals surface area contributed by atoms with Crippen molar-refractivity contribution in [2.45, 2.75) is 13.1 Å². The number of rotatable bonds is 4. The van der Waals surface area contributed by atoms with Crippen molar-refractivity contribution in [3.05, 3.63) is 80.0 Å². The quantitative estimate of drug-likeness (QED) is 0.719. The average Bonchev–Trinajstić information content (AvgIpc) is 2.57. The van der Waals surface area contributed by atoms with Crippen LogP contribution in [0.1, 0.15) is 5.56 Å². The van der Waals surface area contributed by atoms with Crippen LogP contribution < -0.4 is 10.7 Å².